The van der Waals surface area contributed by atoms with E-state index in [1.165, 1.54) is 11.1 Å². The highest BCUT2D eigenvalue weighted by molar-refractivity contribution is 5.75. The minimum atomic E-state index is -0.0660. The molecule has 1 atom stereocenters. The molecule has 0 unspecified atom stereocenters. The number of hydrogen-bond acceptors (Lipinski definition) is 5. The second-order valence-electron chi connectivity index (χ2n) is 5.31. The molecule has 0 saturated heterocycles. The van der Waals surface area contributed by atoms with Gasteiger partial charge in [-0.3, -0.25) is 4.79 Å². The number of amides is 1. The molecule has 1 amide bonds. The molecule has 2 aromatic rings. The number of ether oxygens (including phenoxy) is 1. The fourth-order valence-corrected chi connectivity index (χ4v) is 2.60. The summed E-state index contributed by atoms with van der Waals surface area (Å²) < 4.78 is 7.39. The Balaban J connectivity index is 1.51. The molecule has 0 bridgehead atoms. The third-order valence-corrected chi connectivity index (χ3v) is 3.84. The first-order valence-corrected chi connectivity index (χ1v) is 7.43. The lowest BCUT2D eigenvalue weighted by Gasteiger charge is -2.26. The Morgan fingerprint density at radius 3 is 3.14 bits per heavy atom. The second kappa shape index (κ2) is 6.65. The molecule has 2 heterocycles. The first-order chi connectivity index (χ1) is 10.7. The molecule has 3 rings (SSSR count). The molecule has 1 aliphatic heterocycles. The van der Waals surface area contributed by atoms with E-state index >= 15 is 0 Å². The van der Waals surface area contributed by atoms with Crippen molar-refractivity contribution in [2.75, 3.05) is 13.2 Å². The minimum Gasteiger partial charge on any atom is -0.371 e. The summed E-state index contributed by atoms with van der Waals surface area (Å²) in [5, 5.41) is 14.1. The van der Waals surface area contributed by atoms with Crippen LogP contribution in [0.2, 0.25) is 0 Å². The van der Waals surface area contributed by atoms with Crippen molar-refractivity contribution in [3.05, 3.63) is 41.2 Å². The molecule has 22 heavy (non-hydrogen) atoms. The van der Waals surface area contributed by atoms with E-state index in [4.69, 9.17) is 4.74 Å². The highest BCUT2D eigenvalue weighted by Gasteiger charge is 2.20. The van der Waals surface area contributed by atoms with Crippen LogP contribution < -0.4 is 5.32 Å². The van der Waals surface area contributed by atoms with E-state index in [-0.39, 0.29) is 12.0 Å². The van der Waals surface area contributed by atoms with Gasteiger partial charge in [0.05, 0.1) is 13.2 Å². The van der Waals surface area contributed by atoms with Gasteiger partial charge in [-0.05, 0) is 34.9 Å². The van der Waals surface area contributed by atoms with Crippen molar-refractivity contribution in [2.24, 2.45) is 0 Å². The molecule has 7 heteroatoms. The van der Waals surface area contributed by atoms with E-state index in [0.717, 1.165) is 6.42 Å². The maximum absolute atomic E-state index is 12.0. The van der Waals surface area contributed by atoms with Gasteiger partial charge in [0.2, 0.25) is 5.91 Å². The average molecular weight is 301 g/mol. The lowest BCUT2D eigenvalue weighted by atomic mass is 9.97. The predicted octanol–water partition coefficient (Wildman–Crippen LogP) is 0.802. The molecule has 7 nitrogen and oxygen atoms in total. The van der Waals surface area contributed by atoms with E-state index in [1.807, 2.05) is 19.1 Å². The second-order valence-corrected chi connectivity index (χ2v) is 5.31. The Kier molecular flexibility index (Phi) is 4.43. The Hall–Kier alpha value is -2.28. The van der Waals surface area contributed by atoms with Crippen molar-refractivity contribution in [1.29, 1.82) is 0 Å². The number of nitrogens with zero attached hydrogens (tertiary/aromatic N) is 4. The third-order valence-electron chi connectivity index (χ3n) is 3.84. The fourth-order valence-electron chi connectivity index (χ4n) is 2.60. The number of fused-ring (bicyclic) bond motifs is 1. The molecule has 0 aliphatic carbocycles. The lowest BCUT2D eigenvalue weighted by Crippen LogP contribution is -2.32. The van der Waals surface area contributed by atoms with E-state index < -0.39 is 0 Å². The molecular formula is C15H19N5O2. The number of benzene rings is 1. The predicted molar refractivity (Wildman–Crippen MR) is 79.0 cm³/mol. The molecule has 0 radical (unpaired) electrons. The number of carbonyl (C=O) groups is 1. The summed E-state index contributed by atoms with van der Waals surface area (Å²) in [6.45, 7) is 3.48. The quantitative estimate of drug-likeness (QED) is 0.883. The van der Waals surface area contributed by atoms with Crippen LogP contribution in [0.15, 0.2) is 24.3 Å². The number of aryl methyl sites for hydroxylation is 2. The van der Waals surface area contributed by atoms with Crippen molar-refractivity contribution in [3.63, 3.8) is 0 Å². The van der Waals surface area contributed by atoms with E-state index in [2.05, 4.69) is 33.0 Å². The Labute approximate surface area is 128 Å². The maximum atomic E-state index is 12.0. The highest BCUT2D eigenvalue weighted by atomic mass is 16.5. The Morgan fingerprint density at radius 1 is 1.45 bits per heavy atom. The van der Waals surface area contributed by atoms with Crippen molar-refractivity contribution >= 4 is 5.91 Å². The van der Waals surface area contributed by atoms with Gasteiger partial charge in [0.25, 0.3) is 0 Å². The van der Waals surface area contributed by atoms with Crippen LogP contribution in [0.4, 0.5) is 0 Å². The summed E-state index contributed by atoms with van der Waals surface area (Å²) in [5.41, 5.74) is 2.47. The first kappa shape index (κ1) is 14.6. The molecule has 0 fully saturated rings. The molecule has 0 spiro atoms. The third kappa shape index (κ3) is 3.30. The van der Waals surface area contributed by atoms with E-state index in [1.54, 1.807) is 4.68 Å². The number of hydrogen-bond donors (Lipinski definition) is 1. The summed E-state index contributed by atoms with van der Waals surface area (Å²) >= 11 is 0. The van der Waals surface area contributed by atoms with Gasteiger partial charge in [0.1, 0.15) is 11.9 Å². The molecule has 116 valence electrons. The summed E-state index contributed by atoms with van der Waals surface area (Å²) in [5.74, 6) is 0.680. The smallest absolute Gasteiger partial charge is 0.221 e. The van der Waals surface area contributed by atoms with Crippen molar-refractivity contribution in [1.82, 2.24) is 25.5 Å². The number of tetrazole rings is 1. The monoisotopic (exact) mass is 301 g/mol. The highest BCUT2D eigenvalue weighted by Crippen LogP contribution is 2.26. The number of carbonyl (C=O) groups excluding carboxylic acids is 1. The largest absolute Gasteiger partial charge is 0.371 e. The van der Waals surface area contributed by atoms with Crippen LogP contribution in [-0.4, -0.2) is 39.3 Å². The minimum absolute atomic E-state index is 0.0263. The van der Waals surface area contributed by atoms with Gasteiger partial charge in [-0.15, -0.1) is 5.10 Å². The van der Waals surface area contributed by atoms with Gasteiger partial charge in [0.15, 0.2) is 0 Å². The summed E-state index contributed by atoms with van der Waals surface area (Å²) in [6.07, 6.45) is 1.21. The van der Waals surface area contributed by atoms with Crippen LogP contribution in [-0.2, 0) is 22.5 Å². The van der Waals surface area contributed by atoms with Crippen LogP contribution in [0, 0.1) is 6.92 Å². The number of nitrogens with one attached hydrogen (secondary N) is 1. The summed E-state index contributed by atoms with van der Waals surface area (Å²) in [7, 11) is 0. The maximum Gasteiger partial charge on any atom is 0.221 e. The Morgan fingerprint density at radius 2 is 2.32 bits per heavy atom. The molecule has 1 aromatic carbocycles. The van der Waals surface area contributed by atoms with Gasteiger partial charge in [-0.1, -0.05) is 24.3 Å². The van der Waals surface area contributed by atoms with Gasteiger partial charge in [-0.25, -0.2) is 4.68 Å². The summed E-state index contributed by atoms with van der Waals surface area (Å²) in [6, 6.07) is 8.22. The van der Waals surface area contributed by atoms with Crippen LogP contribution in [0.5, 0.6) is 0 Å². The zero-order chi connectivity index (χ0) is 15.4. The van der Waals surface area contributed by atoms with Crippen LogP contribution in [0.1, 0.15) is 29.5 Å². The van der Waals surface area contributed by atoms with E-state index in [0.29, 0.717) is 31.9 Å². The topological polar surface area (TPSA) is 81.9 Å². The van der Waals surface area contributed by atoms with Gasteiger partial charge >= 0.3 is 0 Å². The van der Waals surface area contributed by atoms with Gasteiger partial charge in [0, 0.05) is 13.0 Å². The molecule has 1 aromatic heterocycles. The van der Waals surface area contributed by atoms with Crippen LogP contribution >= 0.6 is 0 Å². The molecule has 1 N–H and O–H groups in total. The lowest BCUT2D eigenvalue weighted by molar-refractivity contribution is -0.122. The standard InChI is InChI=1S/C15H19N5O2/c1-11-17-18-19-20(11)8-6-15(21)16-10-14-13-5-3-2-4-12(13)7-9-22-14/h2-5,14H,6-10H2,1H3,(H,16,21)/t14-/m0/s1. The molecule has 0 saturated carbocycles. The average Bonchev–Trinajstić information content (AvgIpc) is 2.96. The first-order valence-electron chi connectivity index (χ1n) is 7.43. The summed E-state index contributed by atoms with van der Waals surface area (Å²) in [4.78, 5) is 12.0. The fraction of sp³-hybridized carbons (Fsp3) is 0.467. The molecular weight excluding hydrogens is 282 g/mol. The zero-order valence-electron chi connectivity index (χ0n) is 12.5. The van der Waals surface area contributed by atoms with Crippen LogP contribution in [0.25, 0.3) is 0 Å². The zero-order valence-corrected chi connectivity index (χ0v) is 12.5. The van der Waals surface area contributed by atoms with Gasteiger partial charge in [-0.2, -0.15) is 0 Å². The molecule has 1 aliphatic rings. The Bertz CT molecular complexity index is 655. The van der Waals surface area contributed by atoms with Gasteiger partial charge < -0.3 is 10.1 Å². The SMILES string of the molecule is Cc1nnnn1CCC(=O)NC[C@@H]1OCCc2ccccc21. The van der Waals surface area contributed by atoms with Crippen molar-refractivity contribution in [2.45, 2.75) is 32.4 Å². The van der Waals surface area contributed by atoms with Crippen LogP contribution in [0.3, 0.4) is 0 Å². The number of rotatable bonds is 5. The normalized spacial score (nSPS) is 17.0. The number of aromatic nitrogens is 4. The van der Waals surface area contributed by atoms with E-state index in [9.17, 15) is 4.79 Å². The van der Waals surface area contributed by atoms with Crippen molar-refractivity contribution < 1.29 is 9.53 Å². The van der Waals surface area contributed by atoms with Crippen molar-refractivity contribution in [3.8, 4) is 0 Å².